The van der Waals surface area contributed by atoms with E-state index in [1.165, 1.54) is 23.3 Å². The fourth-order valence-electron chi connectivity index (χ4n) is 6.74. The normalized spacial score (nSPS) is 18.2. The molecule has 1 atom stereocenters. The number of nitrogens with zero attached hydrogens (tertiary/aromatic N) is 1. The van der Waals surface area contributed by atoms with Crippen LogP contribution in [0.3, 0.4) is 0 Å². The summed E-state index contributed by atoms with van der Waals surface area (Å²) in [6.07, 6.45) is 11.0. The van der Waals surface area contributed by atoms with E-state index in [0.717, 1.165) is 40.4 Å². The Hall–Kier alpha value is -3.88. The maximum absolute atomic E-state index is 12.0. The Kier molecular flexibility index (Phi) is 9.92. The number of allylic oxidation sites excluding steroid dienone is 8. The van der Waals surface area contributed by atoms with Crippen LogP contribution in [0.2, 0.25) is 0 Å². The zero-order valence-electron chi connectivity index (χ0n) is 29.2. The lowest BCUT2D eigenvalue weighted by Crippen LogP contribution is -2.45. The lowest BCUT2D eigenvalue weighted by atomic mass is 9.71. The molecule has 1 unspecified atom stereocenters. The molecule has 47 heavy (non-hydrogen) atoms. The molecule has 252 valence electrons. The fraction of sp³-hybridized carbons (Fsp3) is 0.410. The molecule has 0 saturated carbocycles. The Balaban J connectivity index is 1.81. The van der Waals surface area contributed by atoms with Crippen molar-refractivity contribution in [3.63, 3.8) is 0 Å². The van der Waals surface area contributed by atoms with E-state index >= 15 is 0 Å². The molecule has 2 N–H and O–H groups in total. The lowest BCUT2D eigenvalue weighted by Gasteiger charge is -2.43. The van der Waals surface area contributed by atoms with Crippen molar-refractivity contribution in [2.45, 2.75) is 97.4 Å². The van der Waals surface area contributed by atoms with E-state index in [2.05, 4.69) is 84.2 Å². The van der Waals surface area contributed by atoms with Gasteiger partial charge in [0, 0.05) is 46.7 Å². The molecule has 2 heterocycles. The molecule has 0 radical (unpaired) electrons. The Bertz CT molecular complexity index is 1830. The van der Waals surface area contributed by atoms with E-state index in [4.69, 9.17) is 4.74 Å². The summed E-state index contributed by atoms with van der Waals surface area (Å²) in [5, 5.41) is 9.34. The number of carboxylic acids is 1. The first-order valence-corrected chi connectivity index (χ1v) is 17.6. The molecule has 4 rings (SSSR count). The third-order valence-electron chi connectivity index (χ3n) is 9.40. The van der Waals surface area contributed by atoms with Gasteiger partial charge in [0.05, 0.1) is 10.4 Å². The van der Waals surface area contributed by atoms with Crippen LogP contribution in [0.25, 0.3) is 11.1 Å². The third kappa shape index (κ3) is 7.49. The maximum atomic E-state index is 12.0. The van der Waals surface area contributed by atoms with Gasteiger partial charge in [-0.05, 0) is 99.6 Å². The minimum absolute atomic E-state index is 0.0321. The molecule has 0 spiro atoms. The van der Waals surface area contributed by atoms with Gasteiger partial charge in [0.25, 0.3) is 10.1 Å². The van der Waals surface area contributed by atoms with Crippen LogP contribution in [0.5, 0.6) is 5.75 Å². The summed E-state index contributed by atoms with van der Waals surface area (Å²) in [5.41, 5.74) is 6.51. The zero-order chi connectivity index (χ0) is 35.1. The average molecular weight is 660 g/mol. The molecule has 2 aliphatic rings. The second-order valence-electron chi connectivity index (χ2n) is 14.5. The Morgan fingerprint density at radius 1 is 1.09 bits per heavy atom. The summed E-state index contributed by atoms with van der Waals surface area (Å²) in [6, 6.07) is 8.86. The number of benzene rings is 2. The van der Waals surface area contributed by atoms with E-state index < -0.39 is 21.5 Å². The molecule has 8 heteroatoms. The molecular formula is C39H49NO6S. The molecule has 0 saturated heterocycles. The van der Waals surface area contributed by atoms with Crippen molar-refractivity contribution < 1.29 is 27.6 Å². The molecule has 2 aliphatic heterocycles. The van der Waals surface area contributed by atoms with Crippen LogP contribution in [0.15, 0.2) is 83.5 Å². The predicted octanol–water partition coefficient (Wildman–Crippen LogP) is 9.29. The molecule has 0 aliphatic carbocycles. The van der Waals surface area contributed by atoms with Crippen molar-refractivity contribution in [1.29, 1.82) is 0 Å². The van der Waals surface area contributed by atoms with Gasteiger partial charge in [0.2, 0.25) is 0 Å². The van der Waals surface area contributed by atoms with E-state index in [9.17, 15) is 22.9 Å². The number of ether oxygens (including phenoxy) is 1. The van der Waals surface area contributed by atoms with Gasteiger partial charge in [-0.1, -0.05) is 64.6 Å². The summed E-state index contributed by atoms with van der Waals surface area (Å²) in [7, 11) is -4.44. The summed E-state index contributed by atoms with van der Waals surface area (Å²) >= 11 is 0. The van der Waals surface area contributed by atoms with Crippen molar-refractivity contribution in [2.24, 2.45) is 5.41 Å². The lowest BCUT2D eigenvalue weighted by molar-refractivity contribution is -0.137. The number of likely N-dealkylation sites (N-methyl/N-ethyl adjacent to an activating group) is 1. The Labute approximate surface area is 280 Å². The minimum atomic E-state index is -4.44. The summed E-state index contributed by atoms with van der Waals surface area (Å²) < 4.78 is 40.4. The first-order valence-electron chi connectivity index (χ1n) is 16.1. The second-order valence-corrected chi connectivity index (χ2v) is 15.9. The first-order chi connectivity index (χ1) is 21.7. The minimum Gasteiger partial charge on any atom is -0.481 e. The van der Waals surface area contributed by atoms with Crippen LogP contribution in [-0.4, -0.2) is 36.1 Å². The average Bonchev–Trinajstić information content (AvgIpc) is 2.94. The summed E-state index contributed by atoms with van der Waals surface area (Å²) in [6.45, 7) is 24.2. The van der Waals surface area contributed by atoms with Gasteiger partial charge in [-0.25, -0.2) is 0 Å². The monoisotopic (exact) mass is 659 g/mol. The molecule has 0 amide bonds. The number of rotatable bonds is 10. The Morgan fingerprint density at radius 2 is 1.77 bits per heavy atom. The standard InChI is InChI=1S/C39H49NO6S/c1-11-40-33-23-34-31(22-30(33)26(3)24-38(40,8)9)28(20-35(46-34)37(5,6)7)15-12-14-27(4)39(10,19-13-16-36(41)42)32-21-29(47(43,44)45)18-17-25(32)2/h12,14-15,17-18,20-24H,4,11,13,16,19H2,1-3,5-10H3,(H,41,42)(H,43,44,45)/b14-12+,28-15+. The Morgan fingerprint density at radius 3 is 2.36 bits per heavy atom. The number of hydrogen-bond acceptors (Lipinski definition) is 5. The quantitative estimate of drug-likeness (QED) is 0.194. The second kappa shape index (κ2) is 13.0. The van der Waals surface area contributed by atoms with Gasteiger partial charge in [-0.15, -0.1) is 0 Å². The maximum Gasteiger partial charge on any atom is 0.303 e. The number of carboxylic acid groups (broad SMARTS) is 1. The van der Waals surface area contributed by atoms with E-state index in [1.807, 2.05) is 32.1 Å². The predicted molar refractivity (Wildman–Crippen MR) is 191 cm³/mol. The summed E-state index contributed by atoms with van der Waals surface area (Å²) in [5.74, 6) is 0.749. The van der Waals surface area contributed by atoms with E-state index in [-0.39, 0.29) is 22.3 Å². The van der Waals surface area contributed by atoms with Crippen molar-refractivity contribution in [2.75, 3.05) is 11.4 Å². The molecule has 0 fully saturated rings. The van der Waals surface area contributed by atoms with Crippen LogP contribution in [0.4, 0.5) is 5.69 Å². The highest BCUT2D eigenvalue weighted by molar-refractivity contribution is 7.85. The van der Waals surface area contributed by atoms with Gasteiger partial charge >= 0.3 is 5.97 Å². The van der Waals surface area contributed by atoms with Crippen molar-refractivity contribution in [3.8, 4) is 5.75 Å². The van der Waals surface area contributed by atoms with Crippen LogP contribution >= 0.6 is 0 Å². The number of aryl methyl sites for hydroxylation is 1. The number of hydrogen-bond donors (Lipinski definition) is 2. The fourth-order valence-corrected chi connectivity index (χ4v) is 7.24. The van der Waals surface area contributed by atoms with Gasteiger partial charge in [-0.3, -0.25) is 9.35 Å². The van der Waals surface area contributed by atoms with E-state index in [0.29, 0.717) is 24.0 Å². The highest BCUT2D eigenvalue weighted by Gasteiger charge is 2.34. The van der Waals surface area contributed by atoms with Crippen molar-refractivity contribution in [3.05, 3.63) is 101 Å². The van der Waals surface area contributed by atoms with Crippen LogP contribution in [0, 0.1) is 12.3 Å². The largest absolute Gasteiger partial charge is 0.481 e. The molecule has 2 aromatic carbocycles. The molecule has 7 nitrogen and oxygen atoms in total. The third-order valence-corrected chi connectivity index (χ3v) is 10.3. The number of anilines is 1. The topological polar surface area (TPSA) is 104 Å². The van der Waals surface area contributed by atoms with Crippen molar-refractivity contribution in [1.82, 2.24) is 0 Å². The highest BCUT2D eigenvalue weighted by Crippen LogP contribution is 2.47. The molecule has 2 aromatic rings. The highest BCUT2D eigenvalue weighted by atomic mass is 32.2. The van der Waals surface area contributed by atoms with Gasteiger partial charge in [-0.2, -0.15) is 8.42 Å². The van der Waals surface area contributed by atoms with Gasteiger partial charge in [0.15, 0.2) is 0 Å². The molecular weight excluding hydrogens is 610 g/mol. The van der Waals surface area contributed by atoms with Crippen LogP contribution in [-0.2, 0) is 20.3 Å². The van der Waals surface area contributed by atoms with Crippen molar-refractivity contribution >= 4 is 32.9 Å². The van der Waals surface area contributed by atoms with E-state index in [1.54, 1.807) is 6.07 Å². The summed E-state index contributed by atoms with van der Waals surface area (Å²) in [4.78, 5) is 13.6. The van der Waals surface area contributed by atoms with Crippen LogP contribution < -0.4 is 9.64 Å². The smallest absolute Gasteiger partial charge is 0.303 e. The van der Waals surface area contributed by atoms with Gasteiger partial charge in [0.1, 0.15) is 11.5 Å². The molecule has 0 aromatic heterocycles. The number of aliphatic carboxylic acids is 1. The number of carbonyl (C=O) groups is 1. The van der Waals surface area contributed by atoms with Crippen LogP contribution in [0.1, 0.15) is 96.9 Å². The number of fused-ring (bicyclic) bond motifs is 2. The molecule has 0 bridgehead atoms. The van der Waals surface area contributed by atoms with Gasteiger partial charge < -0.3 is 14.7 Å². The zero-order valence-corrected chi connectivity index (χ0v) is 30.0. The first kappa shape index (κ1) is 36.0. The SMILES string of the molecule is C=C(/C=C/C=C1\C=C(C(C)(C)C)Oc2cc3c(cc21)C(C)=CC(C)(C)N3CC)C(C)(CCCC(=O)O)c1cc(S(=O)(=O)O)ccc1C.